The molecular formula is C16H20N4. The first-order chi connectivity index (χ1) is 9.81. The van der Waals surface area contributed by atoms with Crippen molar-refractivity contribution in [1.29, 1.82) is 0 Å². The molecule has 0 amide bonds. The maximum Gasteiger partial charge on any atom is 0.130 e. The molecule has 1 atom stereocenters. The average Bonchev–Trinajstić information content (AvgIpc) is 2.49. The lowest BCUT2D eigenvalue weighted by Crippen LogP contribution is -2.28. The fourth-order valence-corrected chi connectivity index (χ4v) is 2.66. The molecule has 1 fully saturated rings. The van der Waals surface area contributed by atoms with E-state index in [9.17, 15) is 0 Å². The molecule has 3 heterocycles. The fraction of sp³-hybridized carbons (Fsp3) is 0.375. The van der Waals surface area contributed by atoms with Gasteiger partial charge in [0.1, 0.15) is 5.82 Å². The predicted molar refractivity (Wildman–Crippen MR) is 81.3 cm³/mol. The second-order valence-corrected chi connectivity index (χ2v) is 5.31. The molecule has 1 aliphatic rings. The Morgan fingerprint density at radius 1 is 1.30 bits per heavy atom. The van der Waals surface area contributed by atoms with E-state index in [0.717, 1.165) is 30.3 Å². The third kappa shape index (κ3) is 3.14. The summed E-state index contributed by atoms with van der Waals surface area (Å²) in [5, 5.41) is 6.80. The minimum absolute atomic E-state index is 0.521. The number of rotatable bonds is 3. The highest BCUT2D eigenvalue weighted by Crippen LogP contribution is 2.25. The van der Waals surface area contributed by atoms with Gasteiger partial charge in [0.15, 0.2) is 0 Å². The van der Waals surface area contributed by atoms with Crippen molar-refractivity contribution in [3.05, 3.63) is 47.9 Å². The highest BCUT2D eigenvalue weighted by Gasteiger charge is 2.17. The van der Waals surface area contributed by atoms with Crippen LogP contribution in [0.4, 0.5) is 11.5 Å². The van der Waals surface area contributed by atoms with Crippen molar-refractivity contribution >= 4 is 11.5 Å². The van der Waals surface area contributed by atoms with Crippen molar-refractivity contribution < 1.29 is 0 Å². The van der Waals surface area contributed by atoms with Crippen LogP contribution in [0.25, 0.3) is 0 Å². The van der Waals surface area contributed by atoms with E-state index in [1.807, 2.05) is 25.1 Å². The zero-order chi connectivity index (χ0) is 13.8. The number of anilines is 2. The Morgan fingerprint density at radius 3 is 3.00 bits per heavy atom. The molecule has 0 saturated carbocycles. The molecule has 3 rings (SSSR count). The molecule has 1 aliphatic heterocycles. The molecular weight excluding hydrogens is 248 g/mol. The van der Waals surface area contributed by atoms with Crippen LogP contribution in [0.1, 0.15) is 30.1 Å². The zero-order valence-electron chi connectivity index (χ0n) is 11.8. The van der Waals surface area contributed by atoms with Gasteiger partial charge in [-0.15, -0.1) is 0 Å². The minimum Gasteiger partial charge on any atom is -0.340 e. The molecule has 1 unspecified atom stereocenters. The Morgan fingerprint density at radius 2 is 2.25 bits per heavy atom. The van der Waals surface area contributed by atoms with Crippen LogP contribution in [0.15, 0.2) is 36.5 Å². The number of piperidine rings is 1. The van der Waals surface area contributed by atoms with E-state index in [2.05, 4.69) is 27.8 Å². The number of hydrogen-bond donors (Lipinski definition) is 2. The molecule has 0 radical (unpaired) electrons. The first-order valence-corrected chi connectivity index (χ1v) is 7.18. The van der Waals surface area contributed by atoms with Crippen molar-refractivity contribution in [3.8, 4) is 0 Å². The number of nitrogens with zero attached hydrogens (tertiary/aromatic N) is 2. The summed E-state index contributed by atoms with van der Waals surface area (Å²) < 4.78 is 0. The topological polar surface area (TPSA) is 49.8 Å². The van der Waals surface area contributed by atoms with E-state index in [1.165, 1.54) is 18.5 Å². The first-order valence-electron chi connectivity index (χ1n) is 7.18. The van der Waals surface area contributed by atoms with Gasteiger partial charge in [-0.05, 0) is 50.6 Å². The Hall–Kier alpha value is -1.94. The highest BCUT2D eigenvalue weighted by atomic mass is 15.0. The third-order valence-corrected chi connectivity index (χ3v) is 3.63. The Kier molecular flexibility index (Phi) is 3.92. The standard InChI is InChI=1S/C16H20N4/c1-12-9-14(20-16-6-2-3-8-18-16)10-15(19-12)13-5-4-7-17-11-13/h2-3,6,8-10,13,17H,4-5,7,11H2,1H3,(H,18,19,20). The molecule has 2 aromatic heterocycles. The van der Waals surface area contributed by atoms with Gasteiger partial charge in [0.2, 0.25) is 0 Å². The summed E-state index contributed by atoms with van der Waals surface area (Å²) in [6, 6.07) is 10.1. The molecule has 2 aromatic rings. The zero-order valence-corrected chi connectivity index (χ0v) is 11.8. The van der Waals surface area contributed by atoms with Crippen molar-refractivity contribution in [3.63, 3.8) is 0 Å². The second-order valence-electron chi connectivity index (χ2n) is 5.31. The summed E-state index contributed by atoms with van der Waals surface area (Å²) in [6.07, 6.45) is 4.23. The average molecular weight is 268 g/mol. The molecule has 20 heavy (non-hydrogen) atoms. The van der Waals surface area contributed by atoms with Crippen molar-refractivity contribution in [1.82, 2.24) is 15.3 Å². The fourth-order valence-electron chi connectivity index (χ4n) is 2.66. The van der Waals surface area contributed by atoms with Crippen LogP contribution < -0.4 is 10.6 Å². The minimum atomic E-state index is 0.521. The molecule has 4 heteroatoms. The van der Waals surface area contributed by atoms with Gasteiger partial charge in [0, 0.05) is 35.7 Å². The van der Waals surface area contributed by atoms with Crippen LogP contribution in [0.5, 0.6) is 0 Å². The van der Waals surface area contributed by atoms with Crippen molar-refractivity contribution in [2.75, 3.05) is 18.4 Å². The number of aromatic nitrogens is 2. The van der Waals surface area contributed by atoms with Crippen LogP contribution in [0, 0.1) is 6.92 Å². The maximum atomic E-state index is 4.70. The number of pyridine rings is 2. The number of aryl methyl sites for hydroxylation is 1. The van der Waals surface area contributed by atoms with Gasteiger partial charge in [-0.2, -0.15) is 0 Å². The summed E-state index contributed by atoms with van der Waals surface area (Å²) in [4.78, 5) is 9.00. The van der Waals surface area contributed by atoms with Gasteiger partial charge >= 0.3 is 0 Å². The molecule has 0 aliphatic carbocycles. The van der Waals surface area contributed by atoms with Crippen molar-refractivity contribution in [2.24, 2.45) is 0 Å². The lowest BCUT2D eigenvalue weighted by molar-refractivity contribution is 0.454. The molecule has 2 N–H and O–H groups in total. The summed E-state index contributed by atoms with van der Waals surface area (Å²) in [5.41, 5.74) is 3.29. The number of nitrogens with one attached hydrogen (secondary N) is 2. The summed E-state index contributed by atoms with van der Waals surface area (Å²) in [7, 11) is 0. The quantitative estimate of drug-likeness (QED) is 0.898. The van der Waals surface area contributed by atoms with E-state index < -0.39 is 0 Å². The smallest absolute Gasteiger partial charge is 0.130 e. The van der Waals surface area contributed by atoms with E-state index in [-0.39, 0.29) is 0 Å². The summed E-state index contributed by atoms with van der Waals surface area (Å²) in [5.74, 6) is 1.39. The molecule has 1 saturated heterocycles. The van der Waals surface area contributed by atoms with E-state index in [4.69, 9.17) is 4.98 Å². The maximum absolute atomic E-state index is 4.70. The Bertz CT molecular complexity index is 562. The molecule has 0 aromatic carbocycles. The number of hydrogen-bond acceptors (Lipinski definition) is 4. The van der Waals surface area contributed by atoms with Crippen LogP contribution in [-0.4, -0.2) is 23.1 Å². The summed E-state index contributed by atoms with van der Waals surface area (Å²) >= 11 is 0. The lowest BCUT2D eigenvalue weighted by atomic mass is 9.95. The largest absolute Gasteiger partial charge is 0.340 e. The SMILES string of the molecule is Cc1cc(Nc2ccccn2)cc(C2CCCNC2)n1. The van der Waals surface area contributed by atoms with Crippen LogP contribution in [0.2, 0.25) is 0 Å². The van der Waals surface area contributed by atoms with Gasteiger partial charge in [-0.25, -0.2) is 4.98 Å². The van der Waals surface area contributed by atoms with Crippen LogP contribution >= 0.6 is 0 Å². The molecule has 0 bridgehead atoms. The van der Waals surface area contributed by atoms with Crippen LogP contribution in [-0.2, 0) is 0 Å². The Labute approximate surface area is 119 Å². The Balaban J connectivity index is 1.82. The van der Waals surface area contributed by atoms with Gasteiger partial charge in [0.25, 0.3) is 0 Å². The second kappa shape index (κ2) is 6.01. The van der Waals surface area contributed by atoms with Crippen LogP contribution in [0.3, 0.4) is 0 Å². The normalized spacial score (nSPS) is 18.8. The third-order valence-electron chi connectivity index (χ3n) is 3.63. The van der Waals surface area contributed by atoms with Crippen molar-refractivity contribution in [2.45, 2.75) is 25.7 Å². The summed E-state index contributed by atoms with van der Waals surface area (Å²) in [6.45, 7) is 4.20. The monoisotopic (exact) mass is 268 g/mol. The lowest BCUT2D eigenvalue weighted by Gasteiger charge is -2.23. The van der Waals surface area contributed by atoms with Gasteiger partial charge in [0.05, 0.1) is 0 Å². The van der Waals surface area contributed by atoms with E-state index in [1.54, 1.807) is 6.20 Å². The van der Waals surface area contributed by atoms with E-state index in [0.29, 0.717) is 5.92 Å². The van der Waals surface area contributed by atoms with Gasteiger partial charge in [-0.3, -0.25) is 4.98 Å². The molecule has 4 nitrogen and oxygen atoms in total. The van der Waals surface area contributed by atoms with E-state index >= 15 is 0 Å². The van der Waals surface area contributed by atoms with Gasteiger partial charge < -0.3 is 10.6 Å². The molecule has 0 spiro atoms. The molecule has 104 valence electrons. The van der Waals surface area contributed by atoms with Gasteiger partial charge in [-0.1, -0.05) is 6.07 Å². The first kappa shape index (κ1) is 13.1. The predicted octanol–water partition coefficient (Wildman–Crippen LogP) is 3.00. The highest BCUT2D eigenvalue weighted by molar-refractivity contribution is 5.56.